The number of nitrogens with two attached hydrogens (primary N) is 1. The molecule has 0 aromatic carbocycles. The van der Waals surface area contributed by atoms with Crippen LogP contribution in [0.2, 0.25) is 18.1 Å². The second-order valence-electron chi connectivity index (χ2n) is 5.53. The molecule has 0 spiro atoms. The quantitative estimate of drug-likeness (QED) is 0.595. The van der Waals surface area contributed by atoms with E-state index in [0.717, 1.165) is 0 Å². The van der Waals surface area contributed by atoms with Crippen LogP contribution in [0, 0.1) is 0 Å². The first-order chi connectivity index (χ1) is 7.12. The van der Waals surface area contributed by atoms with Gasteiger partial charge in [-0.05, 0) is 24.6 Å². The molecule has 4 nitrogen and oxygen atoms in total. The first kappa shape index (κ1) is 15.6. The van der Waals surface area contributed by atoms with Crippen LogP contribution in [0.1, 0.15) is 27.2 Å². The SMILES string of the molecule is COC(=O)C(N)CCO[Si](C)(C)C(C)(C)C. The lowest BCUT2D eigenvalue weighted by atomic mass is 10.2. The highest BCUT2D eigenvalue weighted by atomic mass is 28.4. The lowest BCUT2D eigenvalue weighted by Crippen LogP contribution is -2.42. The molecule has 0 amide bonds. The number of esters is 1. The first-order valence-electron chi connectivity index (χ1n) is 5.59. The van der Waals surface area contributed by atoms with Crippen molar-refractivity contribution in [1.82, 2.24) is 0 Å². The van der Waals surface area contributed by atoms with Gasteiger partial charge >= 0.3 is 5.97 Å². The Balaban J connectivity index is 4.04. The van der Waals surface area contributed by atoms with Crippen molar-refractivity contribution in [3.8, 4) is 0 Å². The van der Waals surface area contributed by atoms with E-state index in [9.17, 15) is 4.79 Å². The highest BCUT2D eigenvalue weighted by molar-refractivity contribution is 6.74. The van der Waals surface area contributed by atoms with Crippen LogP contribution in [-0.2, 0) is 14.0 Å². The van der Waals surface area contributed by atoms with Gasteiger partial charge in [0.1, 0.15) is 6.04 Å². The van der Waals surface area contributed by atoms with Gasteiger partial charge in [0.15, 0.2) is 8.32 Å². The van der Waals surface area contributed by atoms with Gasteiger partial charge in [-0.15, -0.1) is 0 Å². The minimum Gasteiger partial charge on any atom is -0.468 e. The second-order valence-corrected chi connectivity index (χ2v) is 10.3. The van der Waals surface area contributed by atoms with E-state index < -0.39 is 14.4 Å². The maximum absolute atomic E-state index is 11.1. The minimum atomic E-state index is -1.72. The average Bonchev–Trinajstić information content (AvgIpc) is 2.14. The Morgan fingerprint density at radius 1 is 1.38 bits per heavy atom. The van der Waals surface area contributed by atoms with E-state index in [0.29, 0.717) is 13.0 Å². The lowest BCUT2D eigenvalue weighted by molar-refractivity contribution is -0.142. The molecule has 1 atom stereocenters. The molecule has 0 heterocycles. The van der Waals surface area contributed by atoms with E-state index in [-0.39, 0.29) is 11.0 Å². The largest absolute Gasteiger partial charge is 0.468 e. The monoisotopic (exact) mass is 247 g/mol. The summed E-state index contributed by atoms with van der Waals surface area (Å²) in [6.07, 6.45) is 0.513. The third-order valence-corrected chi connectivity index (χ3v) is 7.74. The fourth-order valence-corrected chi connectivity index (χ4v) is 1.99. The van der Waals surface area contributed by atoms with Crippen LogP contribution in [0.25, 0.3) is 0 Å². The second kappa shape index (κ2) is 5.79. The summed E-state index contributed by atoms with van der Waals surface area (Å²) in [7, 11) is -0.380. The Labute approximate surface area is 99.6 Å². The smallest absolute Gasteiger partial charge is 0.322 e. The van der Waals surface area contributed by atoms with Crippen LogP contribution in [0.4, 0.5) is 0 Å². The number of rotatable bonds is 5. The van der Waals surface area contributed by atoms with E-state index in [4.69, 9.17) is 10.2 Å². The van der Waals surface area contributed by atoms with Crippen LogP contribution in [0.5, 0.6) is 0 Å². The normalized spacial score (nSPS) is 14.7. The van der Waals surface area contributed by atoms with Crippen LogP contribution in [0.3, 0.4) is 0 Å². The number of carbonyl (C=O) groups is 1. The summed E-state index contributed by atoms with van der Waals surface area (Å²) in [5, 5.41) is 0.183. The van der Waals surface area contributed by atoms with Crippen LogP contribution < -0.4 is 5.73 Å². The molecular weight excluding hydrogens is 222 g/mol. The van der Waals surface area contributed by atoms with E-state index in [1.807, 2.05) is 0 Å². The minimum absolute atomic E-state index is 0.183. The molecular formula is C11H25NO3Si. The standard InChI is InChI=1S/C11H25NO3Si/c1-11(2,3)16(5,6)15-8-7-9(12)10(13)14-4/h9H,7-8,12H2,1-6H3. The number of carbonyl (C=O) groups excluding carboxylic acids is 1. The maximum Gasteiger partial charge on any atom is 0.322 e. The average molecular weight is 247 g/mol. The molecule has 5 heteroatoms. The van der Waals surface area contributed by atoms with Crippen molar-refractivity contribution in [2.24, 2.45) is 5.73 Å². The van der Waals surface area contributed by atoms with Crippen molar-refractivity contribution in [2.45, 2.75) is 51.4 Å². The van der Waals surface area contributed by atoms with E-state index in [1.54, 1.807) is 0 Å². The summed E-state index contributed by atoms with van der Waals surface area (Å²) >= 11 is 0. The van der Waals surface area contributed by atoms with Gasteiger partial charge in [0.05, 0.1) is 7.11 Å². The lowest BCUT2D eigenvalue weighted by Gasteiger charge is -2.36. The van der Waals surface area contributed by atoms with E-state index in [2.05, 4.69) is 38.6 Å². The summed E-state index contributed by atoms with van der Waals surface area (Å²) in [4.78, 5) is 11.1. The van der Waals surface area contributed by atoms with Gasteiger partial charge in [-0.2, -0.15) is 0 Å². The zero-order chi connectivity index (χ0) is 13.0. The number of hydrogen-bond acceptors (Lipinski definition) is 4. The fraction of sp³-hybridized carbons (Fsp3) is 0.909. The summed E-state index contributed by atoms with van der Waals surface area (Å²) in [6, 6.07) is -0.574. The van der Waals surface area contributed by atoms with Crippen LogP contribution in [0.15, 0.2) is 0 Å². The topological polar surface area (TPSA) is 61.5 Å². The Bertz CT molecular complexity index is 236. The van der Waals surface area contributed by atoms with Gasteiger partial charge < -0.3 is 14.9 Å². The molecule has 0 radical (unpaired) electrons. The number of ether oxygens (including phenoxy) is 1. The molecule has 0 aliphatic heterocycles. The summed E-state index contributed by atoms with van der Waals surface area (Å²) < 4.78 is 10.5. The third kappa shape index (κ3) is 4.63. The molecule has 0 saturated carbocycles. The van der Waals surface area contributed by atoms with Crippen LogP contribution >= 0.6 is 0 Å². The predicted octanol–water partition coefficient (Wildman–Crippen LogP) is 1.90. The van der Waals surface area contributed by atoms with E-state index >= 15 is 0 Å². The third-order valence-electron chi connectivity index (χ3n) is 3.20. The predicted molar refractivity (Wildman–Crippen MR) is 67.8 cm³/mol. The fourth-order valence-electron chi connectivity index (χ4n) is 0.927. The molecule has 1 unspecified atom stereocenters. The molecule has 0 rings (SSSR count). The molecule has 0 aromatic rings. The highest BCUT2D eigenvalue weighted by Crippen LogP contribution is 2.36. The van der Waals surface area contributed by atoms with Gasteiger partial charge in [0.2, 0.25) is 0 Å². The van der Waals surface area contributed by atoms with Gasteiger partial charge in [0, 0.05) is 6.61 Å². The summed E-state index contributed by atoms with van der Waals surface area (Å²) in [5.41, 5.74) is 5.63. The van der Waals surface area contributed by atoms with Crippen molar-refractivity contribution in [3.05, 3.63) is 0 Å². The Kier molecular flexibility index (Phi) is 5.65. The molecule has 0 aromatic heterocycles. The number of methoxy groups -OCH3 is 1. The first-order valence-corrected chi connectivity index (χ1v) is 8.50. The molecule has 2 N–H and O–H groups in total. The van der Waals surface area contributed by atoms with Gasteiger partial charge in [0.25, 0.3) is 0 Å². The van der Waals surface area contributed by atoms with Crippen molar-refractivity contribution in [3.63, 3.8) is 0 Å². The Morgan fingerprint density at radius 3 is 2.25 bits per heavy atom. The molecule has 16 heavy (non-hydrogen) atoms. The molecule has 0 saturated heterocycles. The molecule has 0 aliphatic carbocycles. The Morgan fingerprint density at radius 2 is 1.88 bits per heavy atom. The maximum atomic E-state index is 11.1. The van der Waals surface area contributed by atoms with Crippen molar-refractivity contribution >= 4 is 14.3 Å². The summed E-state index contributed by atoms with van der Waals surface area (Å²) in [5.74, 6) is -0.376. The highest BCUT2D eigenvalue weighted by Gasteiger charge is 2.37. The number of hydrogen-bond donors (Lipinski definition) is 1. The van der Waals surface area contributed by atoms with Gasteiger partial charge in [-0.1, -0.05) is 20.8 Å². The molecule has 0 aliphatic rings. The molecule has 0 bridgehead atoms. The van der Waals surface area contributed by atoms with E-state index in [1.165, 1.54) is 7.11 Å². The van der Waals surface area contributed by atoms with Crippen molar-refractivity contribution in [1.29, 1.82) is 0 Å². The molecule has 0 fully saturated rings. The zero-order valence-electron chi connectivity index (χ0n) is 11.3. The summed E-state index contributed by atoms with van der Waals surface area (Å²) in [6.45, 7) is 11.4. The van der Waals surface area contributed by atoms with Crippen LogP contribution in [-0.4, -0.2) is 34.0 Å². The van der Waals surface area contributed by atoms with Gasteiger partial charge in [-0.3, -0.25) is 4.79 Å². The van der Waals surface area contributed by atoms with Crippen molar-refractivity contribution in [2.75, 3.05) is 13.7 Å². The van der Waals surface area contributed by atoms with Crippen molar-refractivity contribution < 1.29 is 14.0 Å². The molecule has 96 valence electrons. The van der Waals surface area contributed by atoms with Gasteiger partial charge in [-0.25, -0.2) is 0 Å². The zero-order valence-corrected chi connectivity index (χ0v) is 12.3. The Hall–Kier alpha value is -0.393.